The second-order valence-electron chi connectivity index (χ2n) is 3.72. The quantitative estimate of drug-likeness (QED) is 0.748. The molecule has 5 nitrogen and oxygen atoms in total. The van der Waals surface area contributed by atoms with E-state index in [0.29, 0.717) is 11.3 Å². The standard InChI is InChI=1S/C12H13N3O2/c1-8-11(6-13-15-8)12(17)14-10-4-2-9(7-16)3-5-10/h2-6,16H,7H2,1H3,(H,13,15)(H,14,17). The first-order valence-electron chi connectivity index (χ1n) is 5.22. The van der Waals surface area contributed by atoms with Crippen LogP contribution < -0.4 is 5.32 Å². The van der Waals surface area contributed by atoms with Crippen LogP contribution >= 0.6 is 0 Å². The number of carbonyl (C=O) groups excluding carboxylic acids is 1. The van der Waals surface area contributed by atoms with Crippen LogP contribution in [-0.4, -0.2) is 21.2 Å². The highest BCUT2D eigenvalue weighted by Crippen LogP contribution is 2.12. The molecule has 0 aliphatic heterocycles. The second-order valence-corrected chi connectivity index (χ2v) is 3.72. The number of carbonyl (C=O) groups is 1. The highest BCUT2D eigenvalue weighted by molar-refractivity contribution is 6.04. The molecule has 0 saturated heterocycles. The molecule has 17 heavy (non-hydrogen) atoms. The number of aryl methyl sites for hydroxylation is 1. The maximum atomic E-state index is 11.8. The molecular weight excluding hydrogens is 218 g/mol. The highest BCUT2D eigenvalue weighted by Gasteiger charge is 2.10. The molecule has 3 N–H and O–H groups in total. The van der Waals surface area contributed by atoms with Crippen molar-refractivity contribution in [2.75, 3.05) is 5.32 Å². The monoisotopic (exact) mass is 231 g/mol. The van der Waals surface area contributed by atoms with Gasteiger partial charge in [0.25, 0.3) is 5.91 Å². The van der Waals surface area contributed by atoms with Gasteiger partial charge in [-0.3, -0.25) is 9.89 Å². The molecular formula is C12H13N3O2. The van der Waals surface area contributed by atoms with Gasteiger partial charge in [-0.15, -0.1) is 0 Å². The van der Waals surface area contributed by atoms with Crippen molar-refractivity contribution in [2.45, 2.75) is 13.5 Å². The number of H-pyrrole nitrogens is 1. The van der Waals surface area contributed by atoms with Gasteiger partial charge in [0.15, 0.2) is 0 Å². The molecule has 0 spiro atoms. The summed E-state index contributed by atoms with van der Waals surface area (Å²) in [6.07, 6.45) is 1.49. The molecule has 0 unspecified atom stereocenters. The topological polar surface area (TPSA) is 78.0 Å². The Morgan fingerprint density at radius 2 is 2.12 bits per heavy atom. The van der Waals surface area contributed by atoms with E-state index in [1.165, 1.54) is 6.20 Å². The summed E-state index contributed by atoms with van der Waals surface area (Å²) in [4.78, 5) is 11.8. The Balaban J connectivity index is 2.10. The number of aromatic amines is 1. The fourth-order valence-corrected chi connectivity index (χ4v) is 1.47. The van der Waals surface area contributed by atoms with Gasteiger partial charge >= 0.3 is 0 Å². The Hall–Kier alpha value is -2.14. The van der Waals surface area contributed by atoms with E-state index in [4.69, 9.17) is 5.11 Å². The van der Waals surface area contributed by atoms with Gasteiger partial charge < -0.3 is 10.4 Å². The van der Waals surface area contributed by atoms with Gasteiger partial charge in [0.05, 0.1) is 18.4 Å². The number of anilines is 1. The minimum atomic E-state index is -0.201. The van der Waals surface area contributed by atoms with Crippen LogP contribution in [-0.2, 0) is 6.61 Å². The summed E-state index contributed by atoms with van der Waals surface area (Å²) >= 11 is 0. The molecule has 1 aromatic heterocycles. The first kappa shape index (κ1) is 11.3. The smallest absolute Gasteiger partial charge is 0.259 e. The molecule has 0 fully saturated rings. The average molecular weight is 231 g/mol. The molecule has 1 aromatic carbocycles. The number of rotatable bonds is 3. The van der Waals surface area contributed by atoms with Crippen molar-refractivity contribution in [1.29, 1.82) is 0 Å². The number of aliphatic hydroxyl groups is 1. The number of hydrogen-bond acceptors (Lipinski definition) is 3. The Morgan fingerprint density at radius 3 is 2.65 bits per heavy atom. The van der Waals surface area contributed by atoms with Crippen molar-refractivity contribution >= 4 is 11.6 Å². The van der Waals surface area contributed by atoms with E-state index in [9.17, 15) is 4.79 Å². The number of hydrogen-bond donors (Lipinski definition) is 3. The maximum Gasteiger partial charge on any atom is 0.259 e. The Kier molecular flexibility index (Phi) is 3.20. The summed E-state index contributed by atoms with van der Waals surface area (Å²) < 4.78 is 0. The third kappa shape index (κ3) is 2.51. The molecule has 0 radical (unpaired) electrons. The zero-order valence-electron chi connectivity index (χ0n) is 9.40. The second kappa shape index (κ2) is 4.80. The number of aromatic nitrogens is 2. The Bertz CT molecular complexity index is 517. The van der Waals surface area contributed by atoms with Crippen LogP contribution in [0.5, 0.6) is 0 Å². The lowest BCUT2D eigenvalue weighted by Gasteiger charge is -2.04. The van der Waals surface area contributed by atoms with Crippen molar-refractivity contribution < 1.29 is 9.90 Å². The van der Waals surface area contributed by atoms with Gasteiger partial charge in [-0.25, -0.2) is 0 Å². The van der Waals surface area contributed by atoms with E-state index in [1.807, 2.05) is 0 Å². The fraction of sp³-hybridized carbons (Fsp3) is 0.167. The summed E-state index contributed by atoms with van der Waals surface area (Å²) in [5.41, 5.74) is 2.75. The summed E-state index contributed by atoms with van der Waals surface area (Å²) in [5.74, 6) is -0.201. The molecule has 1 heterocycles. The Labute approximate surface area is 98.5 Å². The van der Waals surface area contributed by atoms with Crippen LogP contribution in [0, 0.1) is 6.92 Å². The third-order valence-corrected chi connectivity index (χ3v) is 2.47. The van der Waals surface area contributed by atoms with Crippen molar-refractivity contribution in [3.63, 3.8) is 0 Å². The van der Waals surface area contributed by atoms with Gasteiger partial charge in [-0.1, -0.05) is 12.1 Å². The van der Waals surface area contributed by atoms with Crippen LogP contribution in [0.2, 0.25) is 0 Å². The van der Waals surface area contributed by atoms with Gasteiger partial charge in [0, 0.05) is 11.4 Å². The van der Waals surface area contributed by atoms with Crippen LogP contribution in [0.4, 0.5) is 5.69 Å². The van der Waals surface area contributed by atoms with E-state index >= 15 is 0 Å². The number of aliphatic hydroxyl groups excluding tert-OH is 1. The predicted molar refractivity (Wildman–Crippen MR) is 63.6 cm³/mol. The molecule has 5 heteroatoms. The van der Waals surface area contributed by atoms with Crippen LogP contribution in [0.15, 0.2) is 30.5 Å². The third-order valence-electron chi connectivity index (χ3n) is 2.47. The molecule has 2 rings (SSSR count). The average Bonchev–Trinajstić information content (AvgIpc) is 2.76. The summed E-state index contributed by atoms with van der Waals surface area (Å²) in [6, 6.07) is 7.02. The van der Waals surface area contributed by atoms with E-state index in [-0.39, 0.29) is 12.5 Å². The largest absolute Gasteiger partial charge is 0.392 e. The maximum absolute atomic E-state index is 11.8. The number of amides is 1. The lowest BCUT2D eigenvalue weighted by atomic mass is 10.2. The highest BCUT2D eigenvalue weighted by atomic mass is 16.3. The van der Waals surface area contributed by atoms with Gasteiger partial charge in [0.2, 0.25) is 0 Å². The van der Waals surface area contributed by atoms with Crippen molar-refractivity contribution in [3.8, 4) is 0 Å². The lowest BCUT2D eigenvalue weighted by molar-refractivity contribution is 0.102. The first-order valence-corrected chi connectivity index (χ1v) is 5.22. The van der Waals surface area contributed by atoms with Gasteiger partial charge in [0.1, 0.15) is 0 Å². The fourth-order valence-electron chi connectivity index (χ4n) is 1.47. The molecule has 0 saturated carbocycles. The normalized spacial score (nSPS) is 10.2. The van der Waals surface area contributed by atoms with Crippen LogP contribution in [0.3, 0.4) is 0 Å². The van der Waals surface area contributed by atoms with E-state index in [2.05, 4.69) is 15.5 Å². The minimum absolute atomic E-state index is 0.00490. The molecule has 1 amide bonds. The van der Waals surface area contributed by atoms with Crippen LogP contribution in [0.1, 0.15) is 21.6 Å². The minimum Gasteiger partial charge on any atom is -0.392 e. The van der Waals surface area contributed by atoms with E-state index in [1.54, 1.807) is 31.2 Å². The molecule has 0 bridgehead atoms. The van der Waals surface area contributed by atoms with Gasteiger partial charge in [-0.2, -0.15) is 5.10 Å². The van der Waals surface area contributed by atoms with Crippen molar-refractivity contribution in [1.82, 2.24) is 10.2 Å². The number of nitrogens with zero attached hydrogens (tertiary/aromatic N) is 1. The molecule has 0 atom stereocenters. The molecule has 0 aliphatic rings. The predicted octanol–water partition coefficient (Wildman–Crippen LogP) is 1.46. The number of nitrogens with one attached hydrogen (secondary N) is 2. The molecule has 0 aliphatic carbocycles. The summed E-state index contributed by atoms with van der Waals surface area (Å²) in [5, 5.41) is 18.2. The van der Waals surface area contributed by atoms with Crippen molar-refractivity contribution in [2.24, 2.45) is 0 Å². The molecule has 88 valence electrons. The SMILES string of the molecule is Cc1[nH]ncc1C(=O)Nc1ccc(CO)cc1. The molecule has 2 aromatic rings. The summed E-state index contributed by atoms with van der Waals surface area (Å²) in [7, 11) is 0. The first-order chi connectivity index (χ1) is 8.20. The zero-order chi connectivity index (χ0) is 12.3. The Morgan fingerprint density at radius 1 is 1.41 bits per heavy atom. The van der Waals surface area contributed by atoms with E-state index < -0.39 is 0 Å². The summed E-state index contributed by atoms with van der Waals surface area (Å²) in [6.45, 7) is 1.78. The lowest BCUT2D eigenvalue weighted by Crippen LogP contribution is -2.12. The van der Waals surface area contributed by atoms with E-state index in [0.717, 1.165) is 11.3 Å². The van der Waals surface area contributed by atoms with Crippen molar-refractivity contribution in [3.05, 3.63) is 47.3 Å². The zero-order valence-corrected chi connectivity index (χ0v) is 9.40. The van der Waals surface area contributed by atoms with Gasteiger partial charge in [-0.05, 0) is 24.6 Å². The van der Waals surface area contributed by atoms with Crippen LogP contribution in [0.25, 0.3) is 0 Å². The number of benzene rings is 1.